The van der Waals surface area contributed by atoms with Crippen molar-refractivity contribution in [2.24, 2.45) is 23.7 Å². The molecule has 0 heterocycles. The Hall–Kier alpha value is -0.0400. The van der Waals surface area contributed by atoms with E-state index in [1.165, 1.54) is 90.3 Å². The van der Waals surface area contributed by atoms with Gasteiger partial charge in [0, 0.05) is 6.54 Å². The van der Waals surface area contributed by atoms with Gasteiger partial charge in [-0.25, -0.2) is 0 Å². The molecule has 0 N–H and O–H groups in total. The maximum atomic E-state index is 2.77. The van der Waals surface area contributed by atoms with Crippen molar-refractivity contribution in [2.75, 3.05) is 19.6 Å². The summed E-state index contributed by atoms with van der Waals surface area (Å²) >= 11 is 0. The predicted octanol–water partition coefficient (Wildman–Crippen LogP) is 7.16. The first kappa shape index (κ1) is 22.0. The van der Waals surface area contributed by atoms with Crippen LogP contribution in [0.15, 0.2) is 0 Å². The average molecular weight is 338 g/mol. The highest BCUT2D eigenvalue weighted by Gasteiger charge is 2.19. The molecule has 1 fully saturated rings. The Morgan fingerprint density at radius 3 is 2.21 bits per heavy atom. The predicted molar refractivity (Wildman–Crippen MR) is 110 cm³/mol. The lowest BCUT2D eigenvalue weighted by atomic mass is 9.83. The first-order chi connectivity index (χ1) is 11.6. The highest BCUT2D eigenvalue weighted by atomic mass is 15.1. The second kappa shape index (κ2) is 13.2. The molecule has 1 heteroatoms. The van der Waals surface area contributed by atoms with Crippen molar-refractivity contribution in [1.82, 2.24) is 4.90 Å². The second-order valence-electron chi connectivity index (χ2n) is 9.06. The molecule has 1 rings (SSSR count). The minimum atomic E-state index is 0.809. The summed E-state index contributed by atoms with van der Waals surface area (Å²) in [6.45, 7) is 16.0. The molecule has 0 aliphatic heterocycles. The first-order valence-corrected chi connectivity index (χ1v) is 11.3. The molecule has 24 heavy (non-hydrogen) atoms. The molecule has 1 nitrogen and oxygen atoms in total. The van der Waals surface area contributed by atoms with E-state index < -0.39 is 0 Å². The first-order valence-electron chi connectivity index (χ1n) is 11.3. The molecule has 0 radical (unpaired) electrons. The zero-order chi connectivity index (χ0) is 17.8. The molecule has 1 aliphatic rings. The van der Waals surface area contributed by atoms with E-state index in [1.807, 2.05) is 0 Å². The van der Waals surface area contributed by atoms with E-state index in [4.69, 9.17) is 0 Å². The topological polar surface area (TPSA) is 3.24 Å². The summed E-state index contributed by atoms with van der Waals surface area (Å²) < 4.78 is 0. The summed E-state index contributed by atoms with van der Waals surface area (Å²) in [4.78, 5) is 2.77. The molecule has 144 valence electrons. The Kier molecular flexibility index (Phi) is 12.1. The van der Waals surface area contributed by atoms with E-state index in [1.54, 1.807) is 0 Å². The fourth-order valence-corrected chi connectivity index (χ4v) is 4.35. The fourth-order valence-electron chi connectivity index (χ4n) is 4.35. The van der Waals surface area contributed by atoms with Gasteiger partial charge in [-0.05, 0) is 49.6 Å². The Morgan fingerprint density at radius 1 is 0.917 bits per heavy atom. The summed E-state index contributed by atoms with van der Waals surface area (Å²) in [5.74, 6) is 3.76. The largest absolute Gasteiger partial charge is 0.303 e. The maximum absolute atomic E-state index is 2.77. The van der Waals surface area contributed by atoms with Crippen molar-refractivity contribution in [3.05, 3.63) is 0 Å². The Labute approximate surface area is 154 Å². The van der Waals surface area contributed by atoms with Gasteiger partial charge in [0.1, 0.15) is 0 Å². The van der Waals surface area contributed by atoms with Crippen molar-refractivity contribution in [3.63, 3.8) is 0 Å². The lowest BCUT2D eigenvalue weighted by Crippen LogP contribution is -2.32. The summed E-state index contributed by atoms with van der Waals surface area (Å²) in [6.07, 6.45) is 15.8. The number of unbranched alkanes of at least 4 members (excludes halogenated alkanes) is 2. The molecule has 1 aliphatic carbocycles. The molecule has 0 aromatic carbocycles. The Bertz CT molecular complexity index is 282. The fraction of sp³-hybridized carbons (Fsp3) is 1.00. The van der Waals surface area contributed by atoms with E-state index in [0.29, 0.717) is 0 Å². The van der Waals surface area contributed by atoms with Crippen LogP contribution < -0.4 is 0 Å². The average Bonchev–Trinajstić information content (AvgIpc) is 2.49. The van der Waals surface area contributed by atoms with Crippen LogP contribution in [0.2, 0.25) is 0 Å². The van der Waals surface area contributed by atoms with Gasteiger partial charge in [0.05, 0.1) is 0 Å². The van der Waals surface area contributed by atoms with Crippen molar-refractivity contribution in [2.45, 2.75) is 105 Å². The Balaban J connectivity index is 2.19. The molecule has 1 saturated carbocycles. The van der Waals surface area contributed by atoms with E-state index in [-0.39, 0.29) is 0 Å². The van der Waals surface area contributed by atoms with E-state index in [0.717, 1.165) is 23.7 Å². The van der Waals surface area contributed by atoms with Crippen LogP contribution in [0.3, 0.4) is 0 Å². The highest BCUT2D eigenvalue weighted by Crippen LogP contribution is 2.30. The maximum Gasteiger partial charge on any atom is 0.000438 e. The zero-order valence-corrected chi connectivity index (χ0v) is 17.7. The van der Waals surface area contributed by atoms with Crippen LogP contribution in [-0.2, 0) is 0 Å². The number of hydrogen-bond donors (Lipinski definition) is 0. The summed E-state index contributed by atoms with van der Waals surface area (Å²) in [5.41, 5.74) is 0. The number of rotatable bonds is 15. The summed E-state index contributed by atoms with van der Waals surface area (Å²) in [7, 11) is 0. The molecule has 0 bridgehead atoms. The van der Waals surface area contributed by atoms with Crippen LogP contribution in [0.4, 0.5) is 0 Å². The van der Waals surface area contributed by atoms with Crippen LogP contribution in [0.1, 0.15) is 105 Å². The van der Waals surface area contributed by atoms with Crippen molar-refractivity contribution in [1.29, 1.82) is 0 Å². The standard InChI is InChI=1S/C23H47N/c1-6-8-15-23(7-2)21(5)12-9-10-17-24(19-20(3)4)18-16-22-13-11-14-22/h20-23H,6-19H2,1-5H3. The lowest BCUT2D eigenvalue weighted by molar-refractivity contribution is 0.192. The van der Waals surface area contributed by atoms with Gasteiger partial charge in [-0.2, -0.15) is 0 Å². The summed E-state index contributed by atoms with van der Waals surface area (Å²) in [5, 5.41) is 0. The minimum absolute atomic E-state index is 0.809. The molecule has 0 amide bonds. The zero-order valence-electron chi connectivity index (χ0n) is 17.7. The molecule has 0 aromatic heterocycles. The molecular formula is C23H47N. The molecule has 2 atom stereocenters. The summed E-state index contributed by atoms with van der Waals surface area (Å²) in [6, 6.07) is 0. The van der Waals surface area contributed by atoms with E-state index >= 15 is 0 Å². The van der Waals surface area contributed by atoms with Crippen LogP contribution >= 0.6 is 0 Å². The van der Waals surface area contributed by atoms with Gasteiger partial charge in [0.25, 0.3) is 0 Å². The van der Waals surface area contributed by atoms with E-state index in [2.05, 4.69) is 39.5 Å². The van der Waals surface area contributed by atoms with Crippen molar-refractivity contribution < 1.29 is 0 Å². The quantitative estimate of drug-likeness (QED) is 0.287. The van der Waals surface area contributed by atoms with Crippen LogP contribution in [-0.4, -0.2) is 24.5 Å². The third kappa shape index (κ3) is 9.44. The van der Waals surface area contributed by atoms with Gasteiger partial charge in [0.15, 0.2) is 0 Å². The van der Waals surface area contributed by atoms with Gasteiger partial charge >= 0.3 is 0 Å². The van der Waals surface area contributed by atoms with Crippen LogP contribution in [0.25, 0.3) is 0 Å². The Morgan fingerprint density at radius 2 is 1.67 bits per heavy atom. The van der Waals surface area contributed by atoms with Crippen LogP contribution in [0.5, 0.6) is 0 Å². The minimum Gasteiger partial charge on any atom is -0.303 e. The SMILES string of the molecule is CCCCC(CC)C(C)CCCCN(CCC1CCC1)CC(C)C. The van der Waals surface area contributed by atoms with Gasteiger partial charge in [-0.1, -0.05) is 92.4 Å². The molecule has 0 spiro atoms. The van der Waals surface area contributed by atoms with Gasteiger partial charge in [0.2, 0.25) is 0 Å². The molecule has 2 unspecified atom stereocenters. The second-order valence-corrected chi connectivity index (χ2v) is 9.06. The van der Waals surface area contributed by atoms with Gasteiger partial charge in [-0.15, -0.1) is 0 Å². The van der Waals surface area contributed by atoms with Gasteiger partial charge in [-0.3, -0.25) is 0 Å². The number of hydrogen-bond acceptors (Lipinski definition) is 1. The normalized spacial score (nSPS) is 18.1. The molecule has 0 aromatic rings. The van der Waals surface area contributed by atoms with Gasteiger partial charge < -0.3 is 4.90 Å². The third-order valence-corrected chi connectivity index (χ3v) is 6.34. The van der Waals surface area contributed by atoms with Crippen LogP contribution in [0, 0.1) is 23.7 Å². The molecular weight excluding hydrogens is 290 g/mol. The smallest absolute Gasteiger partial charge is 0.000438 e. The lowest BCUT2D eigenvalue weighted by Gasteiger charge is -2.30. The third-order valence-electron chi connectivity index (χ3n) is 6.34. The van der Waals surface area contributed by atoms with Crippen molar-refractivity contribution >= 4 is 0 Å². The number of nitrogens with zero attached hydrogens (tertiary/aromatic N) is 1. The van der Waals surface area contributed by atoms with Crippen molar-refractivity contribution in [3.8, 4) is 0 Å². The van der Waals surface area contributed by atoms with E-state index in [9.17, 15) is 0 Å². The highest BCUT2D eigenvalue weighted by molar-refractivity contribution is 4.72. The monoisotopic (exact) mass is 337 g/mol. The molecule has 0 saturated heterocycles.